The van der Waals surface area contributed by atoms with Gasteiger partial charge >= 0.3 is 5.97 Å². The number of aliphatic hydroxyl groups excluding tert-OH is 1. The number of carbonyl (C=O) groups is 1. The molecule has 2 fully saturated rings. The first-order valence-electron chi connectivity index (χ1n) is 28.1. The Balaban J connectivity index is 0.00000449. The summed E-state index contributed by atoms with van der Waals surface area (Å²) in [4.78, 5) is 9.98. The molecule has 0 aliphatic heterocycles. The molecule has 0 amide bonds. The van der Waals surface area contributed by atoms with Gasteiger partial charge in [-0.05, 0) is 31.6 Å². The first-order chi connectivity index (χ1) is 38.0. The Morgan fingerprint density at radius 1 is 0.241 bits per heavy atom. The predicted octanol–water partition coefficient (Wildman–Crippen LogP) is -25.0. The van der Waals surface area contributed by atoms with Gasteiger partial charge < -0.3 is 10.2 Å². The van der Waals surface area contributed by atoms with Gasteiger partial charge in [-0.2, -0.15) is 0 Å². The molecule has 286 valence electrons. The van der Waals surface area contributed by atoms with Crippen molar-refractivity contribution in [2.75, 3.05) is 6.61 Å². The van der Waals surface area contributed by atoms with E-state index in [1.807, 2.05) is 0 Å². The van der Waals surface area contributed by atoms with Crippen LogP contribution in [-0.4, -0.2) is 518 Å². The monoisotopic (exact) mass is 957 g/mol. The van der Waals surface area contributed by atoms with Crippen molar-refractivity contribution < 1.29 is 15.0 Å². The highest BCUT2D eigenvalue weighted by Gasteiger charge is 2.64. The third-order valence-corrected chi connectivity index (χ3v) is 17.6. The van der Waals surface area contributed by atoms with Crippen molar-refractivity contribution in [1.29, 1.82) is 0 Å². The summed E-state index contributed by atoms with van der Waals surface area (Å²) in [6.07, 6.45) is -46.2. The lowest BCUT2D eigenvalue weighted by molar-refractivity contribution is -0.144. The molecule has 2 aliphatic rings. The average molecular weight is 943 g/mol. The first-order valence-corrected chi connectivity index (χ1v) is 28.1. The Bertz CT molecular complexity index is 1490. The van der Waals surface area contributed by atoms with E-state index in [9.17, 15) is 4.79 Å². The highest BCUT2D eigenvalue weighted by Crippen LogP contribution is 2.28. The van der Waals surface area contributed by atoms with Crippen LogP contribution in [0, 0.1) is 11.8 Å². The van der Waals surface area contributed by atoms with Gasteiger partial charge in [0.2, 0.25) is 0 Å². The number of aliphatic hydroxyl groups is 1. The zero-order valence-corrected chi connectivity index (χ0v) is 48.3. The Hall–Kier alpha value is 3.98. The molecule has 2 saturated carbocycles. The quantitative estimate of drug-likeness (QED) is 0.0623. The van der Waals surface area contributed by atoms with E-state index in [1.54, 1.807) is 0 Å². The van der Waals surface area contributed by atoms with Crippen LogP contribution in [0.4, 0.5) is 0 Å². The molecule has 72 radical (unpaired) electrons. The van der Waals surface area contributed by atoms with Gasteiger partial charge in [0.05, 0.1) is 5.92 Å². The molecule has 0 spiro atoms. The maximum absolute atomic E-state index is 9.98. The van der Waals surface area contributed by atoms with Crippen LogP contribution in [0.5, 0.6) is 0 Å². The molecule has 2 aliphatic carbocycles. The molecule has 2 rings (SSSR count). The Kier molecular flexibility index (Phi) is 43.7. The second-order valence-corrected chi connectivity index (χ2v) is 23.6. The summed E-state index contributed by atoms with van der Waals surface area (Å²) in [5.74, 6) is 0.0521. The molecule has 0 heterocycles. The van der Waals surface area contributed by atoms with Crippen LogP contribution in [0.15, 0.2) is 0 Å². The molecule has 0 atom stereocenters. The highest BCUT2D eigenvalue weighted by atomic mass is 16.4. The summed E-state index contributed by atoms with van der Waals surface area (Å²) in [5.41, 5.74) is 0. The van der Waals surface area contributed by atoms with Crippen molar-refractivity contribution in [3.63, 3.8) is 0 Å². The summed E-state index contributed by atoms with van der Waals surface area (Å²) in [6, 6.07) is 0. The van der Waals surface area contributed by atoms with Crippen molar-refractivity contribution in [1.82, 2.24) is 0 Å². The van der Waals surface area contributed by atoms with Crippen molar-refractivity contribution in [3.8, 4) is 0 Å². The lowest BCUT2D eigenvalue weighted by Crippen LogP contribution is -2.98. The van der Waals surface area contributed by atoms with E-state index in [2.05, 4.69) is 0 Å². The normalized spacial score (nSPS) is 11.7. The molecular formula is C10H18B70O3. The third-order valence-electron chi connectivity index (χ3n) is 17.6. The van der Waals surface area contributed by atoms with Crippen LogP contribution in [0.25, 0.3) is 0 Å². The molecule has 0 unspecified atom stereocenters. The highest BCUT2D eigenvalue weighted by molar-refractivity contribution is 8.39. The van der Waals surface area contributed by atoms with E-state index >= 15 is 0 Å². The fourth-order valence-electron chi connectivity index (χ4n) is 13.6. The number of carboxylic acids is 1. The van der Waals surface area contributed by atoms with Crippen molar-refractivity contribution >= 4 is 502 Å². The number of hydrogen-bond donors (Lipinski definition) is 2. The molecule has 83 heavy (non-hydrogen) atoms. The molecule has 0 aromatic heterocycles. The Morgan fingerprint density at radius 3 is 0.410 bits per heavy atom. The van der Waals surface area contributed by atoms with Crippen molar-refractivity contribution in [3.05, 3.63) is 0 Å². The van der Waals surface area contributed by atoms with Gasteiger partial charge in [-0.15, -0.1) is 0 Å². The van der Waals surface area contributed by atoms with Gasteiger partial charge in [0.25, 0.3) is 0 Å². The molecule has 2 N–H and O–H groups in total. The maximum Gasteiger partial charge on any atom is 0.306 e. The molecule has 0 saturated heterocycles. The zero-order valence-electron chi connectivity index (χ0n) is 48.3. The summed E-state index contributed by atoms with van der Waals surface area (Å²) >= 11 is 0. The molecule has 3 nitrogen and oxygen atoms in total. The van der Waals surface area contributed by atoms with Gasteiger partial charge in [0.15, 0.2) is 0 Å². The van der Waals surface area contributed by atoms with Crippen LogP contribution >= 0.6 is 0 Å². The molecule has 0 bridgehead atoms. The fourth-order valence-corrected chi connectivity index (χ4v) is 13.6. The third kappa shape index (κ3) is 25.6. The maximum atomic E-state index is 9.98. The van der Waals surface area contributed by atoms with Gasteiger partial charge in [0, 0.05) is 502 Å². The Morgan fingerprint density at radius 2 is 0.361 bits per heavy atom. The van der Waals surface area contributed by atoms with Crippen LogP contribution < -0.4 is 0 Å². The van der Waals surface area contributed by atoms with Gasteiger partial charge in [-0.3, -0.25) is 4.79 Å². The molecule has 73 heteroatoms. The van der Waals surface area contributed by atoms with Crippen LogP contribution in [0.3, 0.4) is 0 Å². The number of hydrogen-bond acceptors (Lipinski definition) is 2. The second-order valence-electron chi connectivity index (χ2n) is 23.6. The van der Waals surface area contributed by atoms with E-state index in [-0.39, 0.29) is 5.92 Å². The minimum atomic E-state index is -1.72. The smallest absolute Gasteiger partial charge is 0.306 e. The number of rotatable bonds is 35. The summed E-state index contributed by atoms with van der Waals surface area (Å²) < 4.78 is 0. The van der Waals surface area contributed by atoms with Crippen LogP contribution in [0.1, 0.15) is 38.5 Å². The average Bonchev–Trinajstić information content (AvgIpc) is 3.23. The van der Waals surface area contributed by atoms with Gasteiger partial charge in [-0.25, -0.2) is 0 Å². The van der Waals surface area contributed by atoms with Crippen molar-refractivity contribution in [2.24, 2.45) is 11.8 Å². The molecule has 0 aromatic carbocycles. The van der Waals surface area contributed by atoms with E-state index in [1.165, 1.54) is 19.3 Å². The number of carboxylic acid groups (broad SMARTS) is 1. The summed E-state index contributed by atoms with van der Waals surface area (Å²) in [5, 5.41) is 16.6. The second kappa shape index (κ2) is 41.7. The van der Waals surface area contributed by atoms with E-state index in [0.717, 1.165) is 19.3 Å². The largest absolute Gasteiger partial charge is 0.481 e. The van der Waals surface area contributed by atoms with E-state index in [0.29, 0.717) is 12.5 Å². The first kappa shape index (κ1) is 87.0. The lowest BCUT2D eigenvalue weighted by Gasteiger charge is -2.60. The minimum Gasteiger partial charge on any atom is -0.481 e. The van der Waals surface area contributed by atoms with E-state index in [4.69, 9.17) is 289 Å². The molecular weight excluding hydrogens is 925 g/mol. The van der Waals surface area contributed by atoms with Gasteiger partial charge in [-0.1, -0.05) is 12.8 Å². The van der Waals surface area contributed by atoms with Crippen molar-refractivity contribution in [2.45, 2.75) is 38.5 Å². The fraction of sp³-hybridized carbons (Fsp3) is 0.900. The minimum absolute atomic E-state index is 0.000000000000000444. The summed E-state index contributed by atoms with van der Waals surface area (Å²) in [6.45, 7) is 0.417. The summed E-state index contributed by atoms with van der Waals surface area (Å²) in [7, 11) is 242. The van der Waals surface area contributed by atoms with Crippen LogP contribution in [0.2, 0.25) is 0 Å². The lowest BCUT2D eigenvalue weighted by atomic mass is 8.21. The SMILES string of the molecule is O=C(O)C1CCC1.OCC1CCC1.[B]B([B])B(B([B])[B])B(B(B([B])[B])B([B])[B])B(B(B([B])[B])B([B])[B])B(B(B(B([B])[B])B([B])[B])B(B([B])[B])B([B])[B])B(B(B(B([B])[B])B([B])[B])B(B([B])[B])B([B])[B])B(B(B([B])[B])B([B])[B])B(B([B])[B])B([B])[B]. The number of aliphatic carboxylic acids is 1. The Labute approximate surface area is 568 Å². The standard InChI is InChI=1S/C5H8O2.C5H10O.B70/c6-5(7)4-2-1-3-4;6-4-5-2-1-3-5;1-37(2)55(38(3)4)64(56(39(5)6)40(7)8)68(63(53(33)34)54(35)36)70(67(61(49(25)26)50(27)28)62(51(29)30)52(31)32)69(65(57(41(9)10)42(11)12)58(43(13)14)44(15)16)66(59(45(17)18)46(19)20)60(47(21)22)48(23)24/h4H,1-3H2,(H,6,7);5-6H,1-4H2;. The topological polar surface area (TPSA) is 57.5 Å². The van der Waals surface area contributed by atoms with E-state index < -0.39 is 223 Å². The van der Waals surface area contributed by atoms with Gasteiger partial charge in [0.1, 0.15) is 0 Å². The molecule has 0 aromatic rings. The zero-order chi connectivity index (χ0) is 65.3. The van der Waals surface area contributed by atoms with Crippen LogP contribution in [-0.2, 0) is 4.79 Å². The predicted molar refractivity (Wildman–Crippen MR) is 452 cm³/mol.